The van der Waals surface area contributed by atoms with E-state index in [9.17, 15) is 30.6 Å². The van der Waals surface area contributed by atoms with E-state index in [0.717, 1.165) is 0 Å². The van der Waals surface area contributed by atoms with Crippen LogP contribution in [0.15, 0.2) is 4.99 Å². The predicted molar refractivity (Wildman–Crippen MR) is 65.7 cm³/mol. The van der Waals surface area contributed by atoms with E-state index in [2.05, 4.69) is 10.3 Å². The second-order valence-corrected chi connectivity index (χ2v) is 6.15. The number of aliphatic hydroxyl groups excluding tert-OH is 4. The highest BCUT2D eigenvalue weighted by molar-refractivity contribution is 5.80. The number of aliphatic hydroxyl groups is 6. The Hall–Kier alpha value is -1.05. The van der Waals surface area contributed by atoms with Crippen LogP contribution in [0.25, 0.3) is 0 Å². The molecule has 4 aliphatic heterocycles. The third-order valence-electron chi connectivity index (χ3n) is 5.29. The highest BCUT2D eigenvalue weighted by atomic mass is 16.9. The monoisotopic (exact) mass is 319 g/mol. The molecule has 9 atom stereocenters. The molecule has 0 radical (unpaired) electrons. The van der Waals surface area contributed by atoms with Crippen molar-refractivity contribution in [3.8, 4) is 0 Å². The van der Waals surface area contributed by atoms with Crippen LogP contribution >= 0.6 is 0 Å². The van der Waals surface area contributed by atoms with Crippen LogP contribution in [0.3, 0.4) is 0 Å². The number of hydrogen-bond acceptors (Lipinski definition) is 11. The van der Waals surface area contributed by atoms with Gasteiger partial charge in [-0.15, -0.1) is 0 Å². The number of nitrogens with two attached hydrogens (primary N) is 1. The van der Waals surface area contributed by atoms with Crippen molar-refractivity contribution in [2.45, 2.75) is 47.8 Å². The van der Waals surface area contributed by atoms with Crippen molar-refractivity contribution in [1.82, 2.24) is 5.32 Å². The standard InChI is InChI=1S/C11H17N3O8/c12-8-13-7(18)2-4-3(16)5-6(17)10(2,14-8)9(19,1-15)11(20,21-4)22-5/h2-7,15-20H,1H2,(H3,12,13,14). The van der Waals surface area contributed by atoms with Gasteiger partial charge in [-0.1, -0.05) is 0 Å². The maximum absolute atomic E-state index is 10.9. The van der Waals surface area contributed by atoms with E-state index < -0.39 is 60.3 Å². The maximum Gasteiger partial charge on any atom is 0.316 e. The zero-order valence-electron chi connectivity index (χ0n) is 11.2. The van der Waals surface area contributed by atoms with Crippen LogP contribution < -0.4 is 11.1 Å². The van der Waals surface area contributed by atoms with Crippen molar-refractivity contribution >= 4 is 5.96 Å². The van der Waals surface area contributed by atoms with Crippen LogP contribution in [-0.4, -0.2) is 91.0 Å². The lowest BCUT2D eigenvalue weighted by molar-refractivity contribution is -0.560. The Kier molecular flexibility index (Phi) is 2.57. The summed E-state index contributed by atoms with van der Waals surface area (Å²) in [4.78, 5) is 3.70. The summed E-state index contributed by atoms with van der Waals surface area (Å²) < 4.78 is 10.3. The molecule has 1 saturated carbocycles. The van der Waals surface area contributed by atoms with Gasteiger partial charge in [0, 0.05) is 0 Å². The Bertz CT molecular complexity index is 561. The van der Waals surface area contributed by atoms with Gasteiger partial charge in [-0.2, -0.15) is 0 Å². The molecule has 1 spiro atoms. The third-order valence-corrected chi connectivity index (χ3v) is 5.29. The molecule has 9 N–H and O–H groups in total. The summed E-state index contributed by atoms with van der Waals surface area (Å²) in [7, 11) is 0. The number of rotatable bonds is 1. The van der Waals surface area contributed by atoms with Gasteiger partial charge < -0.3 is 51.2 Å². The van der Waals surface area contributed by atoms with Crippen LogP contribution in [0, 0.1) is 5.92 Å². The highest BCUT2D eigenvalue weighted by Gasteiger charge is 2.85. The Labute approximate surface area is 123 Å². The minimum atomic E-state index is -2.68. The zero-order valence-corrected chi connectivity index (χ0v) is 11.2. The summed E-state index contributed by atoms with van der Waals surface area (Å²) in [6.07, 6.45) is -7.01. The van der Waals surface area contributed by atoms with Crippen molar-refractivity contribution in [2.24, 2.45) is 16.6 Å². The maximum atomic E-state index is 10.9. The summed E-state index contributed by atoms with van der Waals surface area (Å²) >= 11 is 0. The molecule has 1 aliphatic carbocycles. The minimum absolute atomic E-state index is 0.297. The number of aliphatic imine (C=N–C) groups is 1. The molecule has 5 aliphatic rings. The molecule has 0 aromatic carbocycles. The van der Waals surface area contributed by atoms with Crippen molar-refractivity contribution in [1.29, 1.82) is 0 Å². The fourth-order valence-corrected chi connectivity index (χ4v) is 4.32. The van der Waals surface area contributed by atoms with Gasteiger partial charge in [-0.3, -0.25) is 0 Å². The first kappa shape index (κ1) is 14.5. The van der Waals surface area contributed by atoms with Crippen LogP contribution in [0.5, 0.6) is 0 Å². The molecule has 11 nitrogen and oxygen atoms in total. The van der Waals surface area contributed by atoms with E-state index in [4.69, 9.17) is 15.2 Å². The van der Waals surface area contributed by atoms with Gasteiger partial charge in [-0.25, -0.2) is 4.99 Å². The average molecular weight is 319 g/mol. The van der Waals surface area contributed by atoms with E-state index in [1.54, 1.807) is 0 Å². The first-order valence-electron chi connectivity index (χ1n) is 6.79. The van der Waals surface area contributed by atoms with E-state index in [1.165, 1.54) is 0 Å². The summed E-state index contributed by atoms with van der Waals surface area (Å²) in [5.41, 5.74) is 1.12. The number of nitrogens with zero attached hydrogens (tertiary/aromatic N) is 1. The summed E-state index contributed by atoms with van der Waals surface area (Å²) in [6.45, 7) is -1.07. The lowest BCUT2D eigenvalue weighted by Gasteiger charge is -2.72. The molecule has 0 aromatic heterocycles. The number of hydrogen-bond donors (Lipinski definition) is 8. The lowest BCUT2D eigenvalue weighted by atomic mass is 9.54. The predicted octanol–water partition coefficient (Wildman–Crippen LogP) is -5.52. The molecule has 22 heavy (non-hydrogen) atoms. The molecular weight excluding hydrogens is 302 g/mol. The van der Waals surface area contributed by atoms with Gasteiger partial charge in [0.05, 0.1) is 12.5 Å². The first-order valence-corrected chi connectivity index (χ1v) is 6.79. The van der Waals surface area contributed by atoms with E-state index in [0.29, 0.717) is 0 Å². The molecule has 0 aromatic rings. The average Bonchev–Trinajstić information content (AvgIpc) is 2.44. The molecule has 5 rings (SSSR count). The van der Waals surface area contributed by atoms with Gasteiger partial charge in [0.15, 0.2) is 17.8 Å². The van der Waals surface area contributed by atoms with Gasteiger partial charge in [0.25, 0.3) is 0 Å². The second kappa shape index (κ2) is 3.88. The molecule has 4 fully saturated rings. The van der Waals surface area contributed by atoms with E-state index in [1.807, 2.05) is 0 Å². The first-order chi connectivity index (χ1) is 10.2. The molecule has 3 saturated heterocycles. The molecule has 0 amide bonds. The minimum Gasteiger partial charge on any atom is -0.393 e. The van der Waals surface area contributed by atoms with E-state index >= 15 is 0 Å². The third kappa shape index (κ3) is 1.21. The van der Waals surface area contributed by atoms with Gasteiger partial charge >= 0.3 is 5.97 Å². The van der Waals surface area contributed by atoms with Crippen molar-refractivity contribution in [2.75, 3.05) is 6.61 Å². The number of guanidine groups is 1. The highest BCUT2D eigenvalue weighted by Crippen LogP contribution is 2.59. The van der Waals surface area contributed by atoms with Crippen molar-refractivity contribution < 1.29 is 40.1 Å². The zero-order chi connectivity index (χ0) is 16.1. The summed E-state index contributed by atoms with van der Waals surface area (Å²) in [5.74, 6) is -4.16. The Morgan fingerprint density at radius 3 is 2.45 bits per heavy atom. The molecule has 4 bridgehead atoms. The Morgan fingerprint density at radius 1 is 1.18 bits per heavy atom. The SMILES string of the molecule is NC1=NC(O)C2C3OC4(O)OC(C3O)C(O)C2(N1)C4(O)CO. The largest absolute Gasteiger partial charge is 0.393 e. The molecule has 124 valence electrons. The molecule has 4 heterocycles. The van der Waals surface area contributed by atoms with Crippen molar-refractivity contribution in [3.63, 3.8) is 0 Å². The fourth-order valence-electron chi connectivity index (χ4n) is 4.32. The lowest BCUT2D eigenvalue weighted by Crippen LogP contribution is -2.97. The molecule has 9 unspecified atom stereocenters. The molecular formula is C11H17N3O8. The topological polar surface area (TPSA) is 190 Å². The van der Waals surface area contributed by atoms with Crippen LogP contribution in [0.1, 0.15) is 0 Å². The smallest absolute Gasteiger partial charge is 0.316 e. The van der Waals surface area contributed by atoms with Crippen LogP contribution in [0.4, 0.5) is 0 Å². The number of ether oxygens (including phenoxy) is 2. The summed E-state index contributed by atoms with van der Waals surface area (Å²) in [5, 5.41) is 64.6. The van der Waals surface area contributed by atoms with Gasteiger partial charge in [-0.05, 0) is 0 Å². The van der Waals surface area contributed by atoms with Gasteiger partial charge in [0.1, 0.15) is 30.0 Å². The summed E-state index contributed by atoms with van der Waals surface area (Å²) in [6, 6.07) is 0. The van der Waals surface area contributed by atoms with Crippen molar-refractivity contribution in [3.05, 3.63) is 0 Å². The fraction of sp³-hybridized carbons (Fsp3) is 0.909. The van der Waals surface area contributed by atoms with Gasteiger partial charge in [0.2, 0.25) is 0 Å². The quantitative estimate of drug-likeness (QED) is 0.231. The Morgan fingerprint density at radius 2 is 1.82 bits per heavy atom. The second-order valence-electron chi connectivity index (χ2n) is 6.15. The van der Waals surface area contributed by atoms with Crippen LogP contribution in [-0.2, 0) is 9.47 Å². The normalized spacial score (nSPS) is 62.4. The van der Waals surface area contributed by atoms with E-state index in [-0.39, 0.29) is 5.96 Å². The Balaban J connectivity index is 1.99. The molecule has 11 heteroatoms. The number of nitrogens with one attached hydrogen (secondary N) is 1. The van der Waals surface area contributed by atoms with Crippen LogP contribution in [0.2, 0.25) is 0 Å².